The van der Waals surface area contributed by atoms with Crippen molar-refractivity contribution in [3.63, 3.8) is 0 Å². The molecule has 1 N–H and O–H groups in total. The maximum atomic E-state index is 13.7. The standard InChI is InChI=1S/C23H26FN3O2/c1-28-21-9-4-10-22(29-2)20(21)15-27-11-5-7-17(14-27)23-19(13-25-26-23)16-6-3-8-18(24)12-16/h3-4,6,8-10,12-13,17H,5,7,11,14-15H2,1-2H3,(H,25,26)/t17-/m1/s1. The summed E-state index contributed by atoms with van der Waals surface area (Å²) in [4.78, 5) is 2.42. The number of methoxy groups -OCH3 is 2. The molecule has 29 heavy (non-hydrogen) atoms. The molecule has 1 aromatic heterocycles. The van der Waals surface area contributed by atoms with Gasteiger partial charge in [0.15, 0.2) is 0 Å². The molecule has 1 atom stereocenters. The number of rotatable bonds is 6. The van der Waals surface area contributed by atoms with Gasteiger partial charge in [-0.2, -0.15) is 5.10 Å². The van der Waals surface area contributed by atoms with Crippen LogP contribution in [0.1, 0.15) is 30.0 Å². The molecule has 5 nitrogen and oxygen atoms in total. The normalized spacial score (nSPS) is 17.3. The van der Waals surface area contributed by atoms with Gasteiger partial charge in [-0.25, -0.2) is 4.39 Å². The fraction of sp³-hybridized carbons (Fsp3) is 0.348. The zero-order chi connectivity index (χ0) is 20.2. The highest BCUT2D eigenvalue weighted by Crippen LogP contribution is 2.35. The predicted molar refractivity (Wildman–Crippen MR) is 111 cm³/mol. The molecule has 6 heteroatoms. The molecule has 3 aromatic rings. The number of likely N-dealkylation sites (tertiary alicyclic amines) is 1. The van der Waals surface area contributed by atoms with Crippen LogP contribution in [0.4, 0.5) is 4.39 Å². The molecular weight excluding hydrogens is 369 g/mol. The average Bonchev–Trinajstić information content (AvgIpc) is 3.24. The number of hydrogen-bond donors (Lipinski definition) is 1. The Bertz CT molecular complexity index is 950. The number of ether oxygens (including phenoxy) is 2. The number of nitrogens with zero attached hydrogens (tertiary/aromatic N) is 2. The Morgan fingerprint density at radius 2 is 1.90 bits per heavy atom. The van der Waals surface area contributed by atoms with Crippen LogP contribution in [0.15, 0.2) is 48.7 Å². The summed E-state index contributed by atoms with van der Waals surface area (Å²) in [6.45, 7) is 2.67. The fourth-order valence-electron chi connectivity index (χ4n) is 4.24. The smallest absolute Gasteiger partial charge is 0.127 e. The second kappa shape index (κ2) is 8.66. The largest absolute Gasteiger partial charge is 0.496 e. The molecule has 4 rings (SSSR count). The average molecular weight is 395 g/mol. The van der Waals surface area contributed by atoms with E-state index < -0.39 is 0 Å². The zero-order valence-corrected chi connectivity index (χ0v) is 16.8. The van der Waals surface area contributed by atoms with Crippen LogP contribution in [0, 0.1) is 5.82 Å². The Morgan fingerprint density at radius 1 is 1.14 bits per heavy atom. The van der Waals surface area contributed by atoms with Gasteiger partial charge in [0, 0.05) is 30.3 Å². The minimum atomic E-state index is -0.233. The van der Waals surface area contributed by atoms with E-state index in [0.29, 0.717) is 5.92 Å². The number of H-pyrrole nitrogens is 1. The van der Waals surface area contributed by atoms with E-state index in [1.54, 1.807) is 32.5 Å². The molecule has 152 valence electrons. The quantitative estimate of drug-likeness (QED) is 0.662. The Balaban J connectivity index is 1.56. The van der Waals surface area contributed by atoms with Crippen molar-refractivity contribution in [3.8, 4) is 22.6 Å². The monoisotopic (exact) mass is 395 g/mol. The lowest BCUT2D eigenvalue weighted by molar-refractivity contribution is 0.194. The molecule has 2 heterocycles. The first-order valence-corrected chi connectivity index (χ1v) is 9.91. The van der Waals surface area contributed by atoms with Crippen LogP contribution in [0.25, 0.3) is 11.1 Å². The van der Waals surface area contributed by atoms with E-state index in [4.69, 9.17) is 9.47 Å². The van der Waals surface area contributed by atoms with Crippen molar-refractivity contribution in [1.82, 2.24) is 15.1 Å². The number of halogens is 1. The number of benzene rings is 2. The summed E-state index contributed by atoms with van der Waals surface area (Å²) < 4.78 is 24.8. The van der Waals surface area contributed by atoms with E-state index in [1.165, 1.54) is 6.07 Å². The van der Waals surface area contributed by atoms with Crippen molar-refractivity contribution in [2.75, 3.05) is 27.3 Å². The minimum Gasteiger partial charge on any atom is -0.496 e. The summed E-state index contributed by atoms with van der Waals surface area (Å²) >= 11 is 0. The van der Waals surface area contributed by atoms with Gasteiger partial charge >= 0.3 is 0 Å². The van der Waals surface area contributed by atoms with Crippen molar-refractivity contribution in [3.05, 3.63) is 65.7 Å². The predicted octanol–water partition coefficient (Wildman–Crippen LogP) is 4.61. The molecule has 2 aromatic carbocycles. The van der Waals surface area contributed by atoms with E-state index in [0.717, 1.165) is 66.4 Å². The molecule has 0 saturated carbocycles. The third-order valence-corrected chi connectivity index (χ3v) is 5.63. The molecular formula is C23H26FN3O2. The van der Waals surface area contributed by atoms with Crippen molar-refractivity contribution < 1.29 is 13.9 Å². The zero-order valence-electron chi connectivity index (χ0n) is 16.8. The molecule has 1 fully saturated rings. The number of aromatic amines is 1. The molecule has 0 amide bonds. The maximum absolute atomic E-state index is 13.7. The lowest BCUT2D eigenvalue weighted by Crippen LogP contribution is -2.34. The highest BCUT2D eigenvalue weighted by Gasteiger charge is 2.26. The van der Waals surface area contributed by atoms with Gasteiger partial charge in [0.1, 0.15) is 17.3 Å². The first-order chi connectivity index (χ1) is 14.2. The summed E-state index contributed by atoms with van der Waals surface area (Å²) in [5.74, 6) is 1.76. The van der Waals surface area contributed by atoms with Crippen molar-refractivity contribution in [2.24, 2.45) is 0 Å². The van der Waals surface area contributed by atoms with Crippen LogP contribution in [-0.4, -0.2) is 42.4 Å². The number of piperidine rings is 1. The third-order valence-electron chi connectivity index (χ3n) is 5.63. The van der Waals surface area contributed by atoms with Gasteiger partial charge in [0.05, 0.1) is 26.0 Å². The lowest BCUT2D eigenvalue weighted by Gasteiger charge is -2.33. The highest BCUT2D eigenvalue weighted by atomic mass is 19.1. The van der Waals surface area contributed by atoms with E-state index in [-0.39, 0.29) is 5.82 Å². The molecule has 0 radical (unpaired) electrons. The van der Waals surface area contributed by atoms with Crippen LogP contribution in [0.3, 0.4) is 0 Å². The van der Waals surface area contributed by atoms with Gasteiger partial charge in [-0.3, -0.25) is 10.00 Å². The molecule has 1 aliphatic heterocycles. The van der Waals surface area contributed by atoms with Gasteiger partial charge < -0.3 is 9.47 Å². The summed E-state index contributed by atoms with van der Waals surface area (Å²) in [6.07, 6.45) is 3.96. The maximum Gasteiger partial charge on any atom is 0.127 e. The van der Waals surface area contributed by atoms with Crippen molar-refractivity contribution in [1.29, 1.82) is 0 Å². The molecule has 1 saturated heterocycles. The first-order valence-electron chi connectivity index (χ1n) is 9.91. The van der Waals surface area contributed by atoms with Crippen molar-refractivity contribution in [2.45, 2.75) is 25.3 Å². The summed E-state index contributed by atoms with van der Waals surface area (Å²) in [7, 11) is 3.38. The van der Waals surface area contributed by atoms with Crippen LogP contribution >= 0.6 is 0 Å². The molecule has 0 aliphatic carbocycles. The summed E-state index contributed by atoms with van der Waals surface area (Å²) in [5, 5.41) is 7.44. The fourth-order valence-corrected chi connectivity index (χ4v) is 4.24. The Morgan fingerprint density at radius 3 is 2.62 bits per heavy atom. The Hall–Kier alpha value is -2.86. The molecule has 0 bridgehead atoms. The van der Waals surface area contributed by atoms with Gasteiger partial charge in [-0.1, -0.05) is 18.2 Å². The second-order valence-corrected chi connectivity index (χ2v) is 7.42. The van der Waals surface area contributed by atoms with E-state index in [9.17, 15) is 4.39 Å². The Kier molecular flexibility index (Phi) is 5.81. The van der Waals surface area contributed by atoms with Gasteiger partial charge in [0.25, 0.3) is 0 Å². The molecule has 0 unspecified atom stereocenters. The second-order valence-electron chi connectivity index (χ2n) is 7.42. The van der Waals surface area contributed by atoms with Gasteiger partial charge in [-0.05, 0) is 49.2 Å². The van der Waals surface area contributed by atoms with Gasteiger partial charge in [-0.15, -0.1) is 0 Å². The Labute approximate surface area is 170 Å². The summed E-state index contributed by atoms with van der Waals surface area (Å²) in [5.41, 5.74) is 3.98. The molecule has 0 spiro atoms. The van der Waals surface area contributed by atoms with Crippen LogP contribution < -0.4 is 9.47 Å². The SMILES string of the molecule is COc1cccc(OC)c1CN1CCC[C@@H](c2[nH]ncc2-c2cccc(F)c2)C1. The first kappa shape index (κ1) is 19.5. The lowest BCUT2D eigenvalue weighted by atomic mass is 9.90. The van der Waals surface area contributed by atoms with Crippen LogP contribution in [-0.2, 0) is 6.54 Å². The van der Waals surface area contributed by atoms with E-state index in [1.807, 2.05) is 24.3 Å². The third kappa shape index (κ3) is 4.12. The van der Waals surface area contributed by atoms with Gasteiger partial charge in [0.2, 0.25) is 0 Å². The van der Waals surface area contributed by atoms with E-state index in [2.05, 4.69) is 15.1 Å². The van der Waals surface area contributed by atoms with E-state index >= 15 is 0 Å². The number of aromatic nitrogens is 2. The number of nitrogens with one attached hydrogen (secondary N) is 1. The minimum absolute atomic E-state index is 0.233. The van der Waals surface area contributed by atoms with Crippen molar-refractivity contribution >= 4 is 0 Å². The highest BCUT2D eigenvalue weighted by molar-refractivity contribution is 5.66. The topological polar surface area (TPSA) is 50.4 Å². The van der Waals surface area contributed by atoms with Crippen LogP contribution in [0.5, 0.6) is 11.5 Å². The van der Waals surface area contributed by atoms with Crippen LogP contribution in [0.2, 0.25) is 0 Å². The number of hydrogen-bond acceptors (Lipinski definition) is 4. The molecule has 1 aliphatic rings. The summed E-state index contributed by atoms with van der Waals surface area (Å²) in [6, 6.07) is 12.6.